The lowest BCUT2D eigenvalue weighted by Gasteiger charge is -2.28. The molecule has 6 nitrogen and oxygen atoms in total. The minimum atomic E-state index is -1.26. The second-order valence-corrected chi connectivity index (χ2v) is 7.12. The topological polar surface area (TPSA) is 77.9 Å². The first-order chi connectivity index (χ1) is 10.5. The summed E-state index contributed by atoms with van der Waals surface area (Å²) < 4.78 is 0. The molecule has 23 heavy (non-hydrogen) atoms. The van der Waals surface area contributed by atoms with Crippen molar-refractivity contribution >= 4 is 17.9 Å². The van der Waals surface area contributed by atoms with Gasteiger partial charge in [-0.2, -0.15) is 0 Å². The number of carbonyl (C=O) groups is 3. The fourth-order valence-electron chi connectivity index (χ4n) is 3.98. The van der Waals surface area contributed by atoms with Gasteiger partial charge in [0, 0.05) is 5.41 Å². The maximum absolute atomic E-state index is 12.7. The molecule has 1 aliphatic heterocycles. The molecule has 1 saturated carbocycles. The number of imide groups is 1. The third-order valence-corrected chi connectivity index (χ3v) is 5.50. The zero-order valence-corrected chi connectivity index (χ0v) is 14.1. The number of amides is 3. The van der Waals surface area contributed by atoms with E-state index in [2.05, 4.69) is 5.92 Å². The fraction of sp³-hybridized carbons (Fsp3) is 0.588. The van der Waals surface area contributed by atoms with Gasteiger partial charge in [-0.3, -0.25) is 14.5 Å². The van der Waals surface area contributed by atoms with Crippen molar-refractivity contribution in [2.24, 2.45) is 10.8 Å². The number of allylic oxidation sites excluding steroid dienone is 1. The third kappa shape index (κ3) is 1.79. The lowest BCUT2D eigenvalue weighted by molar-refractivity contribution is -0.145. The van der Waals surface area contributed by atoms with E-state index in [0.717, 1.165) is 10.5 Å². The van der Waals surface area contributed by atoms with Crippen molar-refractivity contribution in [3.63, 3.8) is 0 Å². The van der Waals surface area contributed by atoms with Gasteiger partial charge in [-0.15, -0.1) is 6.42 Å². The number of hydrogen-bond donors (Lipinski definition) is 1. The van der Waals surface area contributed by atoms with E-state index in [1.807, 2.05) is 13.8 Å². The highest BCUT2D eigenvalue weighted by Gasteiger charge is 2.87. The van der Waals surface area contributed by atoms with Gasteiger partial charge in [-0.25, -0.2) is 4.79 Å². The molecule has 2 atom stereocenters. The molecule has 1 aliphatic carbocycles. The number of carboxylic acid groups (broad SMARTS) is 1. The molecule has 0 aromatic heterocycles. The lowest BCUT2D eigenvalue weighted by Crippen LogP contribution is -2.48. The molecular weight excluding hydrogens is 296 g/mol. The molecule has 0 spiro atoms. The molecule has 1 heterocycles. The van der Waals surface area contributed by atoms with Crippen molar-refractivity contribution in [3.8, 4) is 12.3 Å². The Morgan fingerprint density at radius 1 is 1.35 bits per heavy atom. The zero-order valence-electron chi connectivity index (χ0n) is 14.1. The Kier molecular flexibility index (Phi) is 3.60. The monoisotopic (exact) mass is 318 g/mol. The highest BCUT2D eigenvalue weighted by Crippen LogP contribution is 2.75. The third-order valence-electron chi connectivity index (χ3n) is 5.50. The van der Waals surface area contributed by atoms with Gasteiger partial charge in [0.15, 0.2) is 0 Å². The van der Waals surface area contributed by atoms with Gasteiger partial charge in [0.1, 0.15) is 12.0 Å². The Morgan fingerprint density at radius 2 is 1.91 bits per heavy atom. The summed E-state index contributed by atoms with van der Waals surface area (Å²) in [6, 6.07) is -0.525. The Morgan fingerprint density at radius 3 is 2.30 bits per heavy atom. The van der Waals surface area contributed by atoms with Crippen LogP contribution >= 0.6 is 0 Å². The molecule has 3 amide bonds. The van der Waals surface area contributed by atoms with Crippen LogP contribution in [-0.2, 0) is 9.59 Å². The maximum atomic E-state index is 12.7. The number of hydrogen-bond acceptors (Lipinski definition) is 3. The van der Waals surface area contributed by atoms with Gasteiger partial charge in [0.25, 0.3) is 5.91 Å². The van der Waals surface area contributed by atoms with E-state index in [4.69, 9.17) is 6.42 Å². The van der Waals surface area contributed by atoms with E-state index in [1.165, 1.54) is 4.90 Å². The van der Waals surface area contributed by atoms with Crippen LogP contribution in [0.2, 0.25) is 0 Å². The fourth-order valence-corrected chi connectivity index (χ4v) is 3.98. The highest BCUT2D eigenvalue weighted by molar-refractivity contribution is 6.06. The average Bonchev–Trinajstić information content (AvgIpc) is 2.65. The lowest BCUT2D eigenvalue weighted by atomic mass is 9.98. The van der Waals surface area contributed by atoms with Gasteiger partial charge in [-0.05, 0) is 20.8 Å². The van der Waals surface area contributed by atoms with Crippen molar-refractivity contribution in [1.29, 1.82) is 0 Å². The quantitative estimate of drug-likeness (QED) is 0.486. The van der Waals surface area contributed by atoms with E-state index in [0.29, 0.717) is 0 Å². The zero-order chi connectivity index (χ0) is 17.8. The van der Waals surface area contributed by atoms with Crippen LogP contribution in [0, 0.1) is 23.2 Å². The van der Waals surface area contributed by atoms with Crippen molar-refractivity contribution in [1.82, 2.24) is 9.80 Å². The van der Waals surface area contributed by atoms with Crippen LogP contribution < -0.4 is 0 Å². The normalized spacial score (nSPS) is 31.8. The first-order valence-corrected chi connectivity index (χ1v) is 7.44. The number of carboxylic acids is 1. The predicted molar refractivity (Wildman–Crippen MR) is 84.3 cm³/mol. The summed E-state index contributed by atoms with van der Waals surface area (Å²) in [5.41, 5.74) is -2.39. The van der Waals surface area contributed by atoms with Crippen LogP contribution in [0.3, 0.4) is 0 Å². The molecule has 2 fully saturated rings. The summed E-state index contributed by atoms with van der Waals surface area (Å²) in [5, 5.41) is 9.77. The minimum absolute atomic E-state index is 0.0240. The van der Waals surface area contributed by atoms with Crippen LogP contribution in [0.15, 0.2) is 11.6 Å². The van der Waals surface area contributed by atoms with Crippen molar-refractivity contribution in [2.45, 2.75) is 40.2 Å². The van der Waals surface area contributed by atoms with Crippen LogP contribution in [0.1, 0.15) is 34.6 Å². The van der Waals surface area contributed by atoms with E-state index < -0.39 is 34.3 Å². The smallest absolute Gasteiger partial charge is 0.328 e. The summed E-state index contributed by atoms with van der Waals surface area (Å²) in [4.78, 5) is 39.5. The summed E-state index contributed by atoms with van der Waals surface area (Å²) >= 11 is 0. The van der Waals surface area contributed by atoms with Crippen LogP contribution in [0.25, 0.3) is 0 Å². The second-order valence-electron chi connectivity index (χ2n) is 7.12. The van der Waals surface area contributed by atoms with Crippen molar-refractivity contribution in [2.75, 3.05) is 13.1 Å². The summed E-state index contributed by atoms with van der Waals surface area (Å²) in [6.07, 6.45) is 6.97. The Balaban J connectivity index is 2.63. The van der Waals surface area contributed by atoms with E-state index in [1.54, 1.807) is 26.8 Å². The number of terminal acetylenes is 1. The molecule has 0 aromatic rings. The van der Waals surface area contributed by atoms with E-state index in [-0.39, 0.29) is 13.1 Å². The Labute approximate surface area is 136 Å². The van der Waals surface area contributed by atoms with E-state index in [9.17, 15) is 19.5 Å². The molecule has 0 bridgehead atoms. The van der Waals surface area contributed by atoms with Crippen LogP contribution in [0.4, 0.5) is 4.79 Å². The van der Waals surface area contributed by atoms with Gasteiger partial charge in [-0.1, -0.05) is 31.4 Å². The van der Waals surface area contributed by atoms with Crippen molar-refractivity contribution in [3.05, 3.63) is 11.6 Å². The van der Waals surface area contributed by atoms with Gasteiger partial charge in [0.05, 0.1) is 12.1 Å². The van der Waals surface area contributed by atoms with Crippen LogP contribution in [-0.4, -0.2) is 51.4 Å². The predicted octanol–water partition coefficient (Wildman–Crippen LogP) is 1.72. The van der Waals surface area contributed by atoms with Gasteiger partial charge < -0.3 is 10.0 Å². The molecule has 1 N–H and O–H groups in total. The SMILES string of the molecule is C#CCN1CC(=O)N([C@]2(C=C(C)C)C(C)(C)[C@@]2(C)C(=O)O)C1=O. The largest absolute Gasteiger partial charge is 0.481 e. The summed E-state index contributed by atoms with van der Waals surface area (Å²) in [5.74, 6) is 0.905. The maximum Gasteiger partial charge on any atom is 0.328 e. The molecule has 2 rings (SSSR count). The molecule has 6 heteroatoms. The molecule has 124 valence electrons. The van der Waals surface area contributed by atoms with Crippen LogP contribution in [0.5, 0.6) is 0 Å². The van der Waals surface area contributed by atoms with Gasteiger partial charge in [0.2, 0.25) is 0 Å². The number of aliphatic carboxylic acids is 1. The Hall–Kier alpha value is -2.29. The number of rotatable bonds is 4. The highest BCUT2D eigenvalue weighted by atomic mass is 16.4. The molecular formula is C17H22N2O4. The first kappa shape index (κ1) is 17.1. The van der Waals surface area contributed by atoms with Crippen molar-refractivity contribution < 1.29 is 19.5 Å². The number of carbonyl (C=O) groups excluding carboxylic acids is 2. The number of urea groups is 1. The first-order valence-electron chi connectivity index (χ1n) is 7.44. The minimum Gasteiger partial charge on any atom is -0.481 e. The average molecular weight is 318 g/mol. The summed E-state index contributed by atoms with van der Waals surface area (Å²) in [7, 11) is 0. The molecule has 0 aromatic carbocycles. The molecule has 1 saturated heterocycles. The second kappa shape index (κ2) is 4.85. The number of nitrogens with zero attached hydrogens (tertiary/aromatic N) is 2. The summed E-state index contributed by atoms with van der Waals surface area (Å²) in [6.45, 7) is 8.67. The molecule has 0 radical (unpaired) electrons. The molecule has 0 unspecified atom stereocenters. The molecule has 2 aliphatic rings. The van der Waals surface area contributed by atoms with E-state index >= 15 is 0 Å². The Bertz CT molecular complexity index is 669. The standard InChI is InChI=1S/C17H22N2O4/c1-7-8-18-10-12(20)19(14(18)23)17(9-11(2)3)15(4,5)16(17,6)13(21)22/h1,9H,8,10H2,2-6H3,(H,21,22)/t16-,17-/m1/s1. The van der Waals surface area contributed by atoms with Gasteiger partial charge >= 0.3 is 12.0 Å².